The van der Waals surface area contributed by atoms with Crippen molar-refractivity contribution in [2.75, 3.05) is 14.8 Å². The van der Waals surface area contributed by atoms with E-state index in [1.165, 1.54) is 18.2 Å². The van der Waals surface area contributed by atoms with Crippen LogP contribution in [0.15, 0.2) is 59.6 Å². The molecule has 1 aromatic heterocycles. The predicted octanol–water partition coefficient (Wildman–Crippen LogP) is 2.66. The molecule has 2 heterocycles. The van der Waals surface area contributed by atoms with Crippen molar-refractivity contribution < 1.29 is 21.6 Å². The molecule has 1 saturated heterocycles. The number of nitrogens with zero attached hydrogens (tertiary/aromatic N) is 2. The Balaban J connectivity index is 1.71. The van der Waals surface area contributed by atoms with Crippen LogP contribution in [0.2, 0.25) is 0 Å². The maximum Gasteiger partial charge on any atom is 0.262 e. The van der Waals surface area contributed by atoms with Gasteiger partial charge < -0.3 is 0 Å². The molecule has 1 atom stereocenters. The summed E-state index contributed by atoms with van der Waals surface area (Å²) >= 11 is 0. The van der Waals surface area contributed by atoms with Gasteiger partial charge >= 0.3 is 0 Å². The Morgan fingerprint density at radius 1 is 1.13 bits per heavy atom. The van der Waals surface area contributed by atoms with Crippen molar-refractivity contribution in [3.63, 3.8) is 0 Å². The molecule has 8 nitrogen and oxygen atoms in total. The molecule has 0 radical (unpaired) electrons. The summed E-state index contributed by atoms with van der Waals surface area (Å²) in [7, 11) is -7.74. The van der Waals surface area contributed by atoms with Gasteiger partial charge in [-0.15, -0.1) is 0 Å². The van der Waals surface area contributed by atoms with E-state index in [4.69, 9.17) is 0 Å². The molecule has 1 fully saturated rings. The first-order valence-corrected chi connectivity index (χ1v) is 12.2. The largest absolute Gasteiger partial charge is 0.277 e. The number of para-hydroxylation sites is 1. The third-order valence-electron chi connectivity index (χ3n) is 4.92. The maximum atomic E-state index is 13.0. The van der Waals surface area contributed by atoms with E-state index in [1.807, 2.05) is 12.1 Å². The first-order chi connectivity index (χ1) is 14.1. The minimum atomic E-state index is -3.97. The monoisotopic (exact) mass is 445 g/mol. The third kappa shape index (κ3) is 3.41. The lowest BCUT2D eigenvalue weighted by Gasteiger charge is -2.18. The lowest BCUT2D eigenvalue weighted by atomic mass is 10.2. The van der Waals surface area contributed by atoms with E-state index in [9.17, 15) is 21.6 Å². The van der Waals surface area contributed by atoms with E-state index in [-0.39, 0.29) is 16.3 Å². The maximum absolute atomic E-state index is 13.0. The predicted molar refractivity (Wildman–Crippen MR) is 114 cm³/mol. The second-order valence-corrected chi connectivity index (χ2v) is 10.7. The number of pyridine rings is 1. The molecule has 1 aliphatic heterocycles. The number of aromatic nitrogens is 1. The first kappa shape index (κ1) is 20.3. The molecule has 1 unspecified atom stereocenters. The number of aryl methyl sites for hydroxylation is 1. The topological polar surface area (TPSA) is 114 Å². The van der Waals surface area contributed by atoms with Crippen molar-refractivity contribution in [3.8, 4) is 0 Å². The smallest absolute Gasteiger partial charge is 0.262 e. The van der Waals surface area contributed by atoms with E-state index in [0.717, 1.165) is 9.69 Å². The highest BCUT2D eigenvalue weighted by Crippen LogP contribution is 2.31. The Labute approximate surface area is 174 Å². The van der Waals surface area contributed by atoms with Crippen LogP contribution in [0, 0.1) is 12.8 Å². The number of nitrogens with one attached hydrogen (secondary N) is 1. The molecular weight excluding hydrogens is 426 g/mol. The van der Waals surface area contributed by atoms with Gasteiger partial charge in [-0.2, -0.15) is 0 Å². The van der Waals surface area contributed by atoms with Crippen LogP contribution in [0.1, 0.15) is 12.5 Å². The van der Waals surface area contributed by atoms with Crippen LogP contribution in [0.4, 0.5) is 11.4 Å². The molecule has 156 valence electrons. The van der Waals surface area contributed by atoms with Crippen molar-refractivity contribution >= 4 is 48.2 Å². The van der Waals surface area contributed by atoms with Gasteiger partial charge in [0.1, 0.15) is 0 Å². The van der Waals surface area contributed by atoms with Gasteiger partial charge in [0.2, 0.25) is 15.9 Å². The lowest BCUT2D eigenvalue weighted by molar-refractivity contribution is -0.119. The molecule has 0 saturated carbocycles. The standard InChI is InChI=1S/C20H19N3O5S2/c1-13-11-16(23-20(24)14(2)12-29(23,25)26)8-9-18(13)30(27,28)22-17-7-3-5-15-6-4-10-21-19(15)17/h3-11,14,22H,12H2,1-2H3. The zero-order valence-electron chi connectivity index (χ0n) is 16.2. The number of benzene rings is 2. The normalized spacial score (nSPS) is 18.7. The van der Waals surface area contributed by atoms with Crippen LogP contribution in [-0.2, 0) is 24.8 Å². The number of sulfonamides is 2. The van der Waals surface area contributed by atoms with Gasteiger partial charge in [-0.25, -0.2) is 21.1 Å². The molecule has 0 aliphatic carbocycles. The van der Waals surface area contributed by atoms with Gasteiger partial charge in [-0.05, 0) is 42.8 Å². The zero-order valence-corrected chi connectivity index (χ0v) is 17.9. The van der Waals surface area contributed by atoms with Crippen molar-refractivity contribution in [2.24, 2.45) is 5.92 Å². The van der Waals surface area contributed by atoms with E-state index >= 15 is 0 Å². The lowest BCUT2D eigenvalue weighted by Crippen LogP contribution is -2.30. The highest BCUT2D eigenvalue weighted by atomic mass is 32.2. The summed E-state index contributed by atoms with van der Waals surface area (Å²) in [5.41, 5.74) is 1.30. The van der Waals surface area contributed by atoms with Crippen LogP contribution < -0.4 is 9.03 Å². The fourth-order valence-electron chi connectivity index (χ4n) is 3.53. The molecule has 1 aliphatic rings. The summed E-state index contributed by atoms with van der Waals surface area (Å²) in [6.45, 7) is 3.10. The highest BCUT2D eigenvalue weighted by Gasteiger charge is 2.42. The molecule has 10 heteroatoms. The Kier molecular flexibility index (Phi) is 4.78. The number of hydrogen-bond donors (Lipinski definition) is 1. The Morgan fingerprint density at radius 2 is 1.87 bits per heavy atom. The van der Waals surface area contributed by atoms with Crippen LogP contribution in [0.5, 0.6) is 0 Å². The minimum Gasteiger partial charge on any atom is -0.277 e. The summed E-state index contributed by atoms with van der Waals surface area (Å²) in [4.78, 5) is 16.5. The van der Waals surface area contributed by atoms with E-state index in [0.29, 0.717) is 16.8 Å². The highest BCUT2D eigenvalue weighted by molar-refractivity contribution is 7.94. The number of rotatable bonds is 4. The van der Waals surface area contributed by atoms with Crippen molar-refractivity contribution in [1.82, 2.24) is 4.98 Å². The van der Waals surface area contributed by atoms with Gasteiger partial charge in [0.15, 0.2) is 0 Å². The number of carbonyl (C=O) groups excluding carboxylic acids is 1. The zero-order chi connectivity index (χ0) is 21.7. The average Bonchev–Trinajstić information content (AvgIpc) is 2.88. The second-order valence-electron chi connectivity index (χ2n) is 7.22. The first-order valence-electron chi connectivity index (χ1n) is 9.14. The molecular formula is C20H19N3O5S2. The summed E-state index contributed by atoms with van der Waals surface area (Å²) in [6, 6.07) is 12.8. The molecule has 2 aromatic carbocycles. The SMILES string of the molecule is Cc1cc(N2C(=O)C(C)CS2(=O)=O)ccc1S(=O)(=O)Nc1cccc2cccnc12. The van der Waals surface area contributed by atoms with Crippen molar-refractivity contribution in [3.05, 3.63) is 60.3 Å². The van der Waals surface area contributed by atoms with Crippen molar-refractivity contribution in [1.29, 1.82) is 0 Å². The van der Waals surface area contributed by atoms with Gasteiger partial charge in [-0.3, -0.25) is 14.5 Å². The fraction of sp³-hybridized carbons (Fsp3) is 0.200. The molecule has 0 spiro atoms. The summed E-state index contributed by atoms with van der Waals surface area (Å²) < 4.78 is 53.9. The molecule has 4 rings (SSSR count). The number of carbonyl (C=O) groups is 1. The van der Waals surface area contributed by atoms with E-state index in [2.05, 4.69) is 9.71 Å². The molecule has 1 N–H and O–H groups in total. The van der Waals surface area contributed by atoms with Gasteiger partial charge in [-0.1, -0.05) is 25.1 Å². The molecule has 0 bridgehead atoms. The summed E-state index contributed by atoms with van der Waals surface area (Å²) in [6.07, 6.45) is 1.58. The summed E-state index contributed by atoms with van der Waals surface area (Å²) in [5.74, 6) is -1.43. The van der Waals surface area contributed by atoms with Crippen LogP contribution >= 0.6 is 0 Å². The quantitative estimate of drug-likeness (QED) is 0.660. The molecule has 3 aromatic rings. The Hall–Kier alpha value is -2.98. The van der Waals surface area contributed by atoms with Gasteiger partial charge in [0, 0.05) is 11.6 Å². The fourth-order valence-corrected chi connectivity index (χ4v) is 6.64. The van der Waals surface area contributed by atoms with Crippen molar-refractivity contribution in [2.45, 2.75) is 18.7 Å². The average molecular weight is 446 g/mol. The number of anilines is 2. The Morgan fingerprint density at radius 3 is 2.53 bits per heavy atom. The number of hydrogen-bond acceptors (Lipinski definition) is 6. The third-order valence-corrected chi connectivity index (χ3v) is 8.31. The van der Waals surface area contributed by atoms with Crippen LogP contribution in [0.3, 0.4) is 0 Å². The van der Waals surface area contributed by atoms with E-state index in [1.54, 1.807) is 38.2 Å². The molecule has 30 heavy (non-hydrogen) atoms. The minimum absolute atomic E-state index is 0.0173. The van der Waals surface area contributed by atoms with Crippen LogP contribution in [0.25, 0.3) is 10.9 Å². The van der Waals surface area contributed by atoms with Gasteiger partial charge in [0.25, 0.3) is 10.0 Å². The van der Waals surface area contributed by atoms with E-state index < -0.39 is 31.9 Å². The number of amides is 1. The molecule has 1 amide bonds. The van der Waals surface area contributed by atoms with Crippen LogP contribution in [-0.4, -0.2) is 33.5 Å². The second kappa shape index (κ2) is 7.06. The van der Waals surface area contributed by atoms with Gasteiger partial charge in [0.05, 0.1) is 33.5 Å². The number of fused-ring (bicyclic) bond motifs is 1. The summed E-state index contributed by atoms with van der Waals surface area (Å²) in [5, 5.41) is 0.789. The Bertz CT molecular complexity index is 1380.